The van der Waals surface area contributed by atoms with Crippen LogP contribution in [-0.2, 0) is 0 Å². The van der Waals surface area contributed by atoms with Gasteiger partial charge in [0.25, 0.3) is 0 Å². The predicted octanol–water partition coefficient (Wildman–Crippen LogP) is 25.0. The van der Waals surface area contributed by atoms with E-state index in [-0.39, 0.29) is 32.2 Å². The first-order chi connectivity index (χ1) is 51.0. The molecule has 0 aliphatic heterocycles. The zero-order valence-electron chi connectivity index (χ0n) is 54.9. The Morgan fingerprint density at radius 1 is 0.183 bits per heavy atom. The molecule has 0 spiro atoms. The molecule has 0 bridgehead atoms. The first-order valence-electron chi connectivity index (χ1n) is 33.0. The van der Waals surface area contributed by atoms with E-state index in [4.69, 9.17) is 58.0 Å². The number of para-hydroxylation sites is 5. The van der Waals surface area contributed by atoms with Crippen molar-refractivity contribution in [2.24, 2.45) is 0 Å². The molecule has 104 heavy (non-hydrogen) atoms. The lowest BCUT2D eigenvalue weighted by atomic mass is 9.93. The van der Waals surface area contributed by atoms with Crippen LogP contribution in [0.2, 0.25) is 26.4 Å². The maximum atomic E-state index is 12.9. The van der Waals surface area contributed by atoms with E-state index in [1.165, 1.54) is 50.2 Å². The van der Waals surface area contributed by atoms with Gasteiger partial charge in [0.1, 0.15) is 5.82 Å². The Hall–Kier alpha value is -12.1. The SMILES string of the molecule is Clc1nc(-c2ccc(-c3ccccc3)c3ccccc23)c2ccccc2n1.Clc1nc(-c2ccc3ccccc3c2)c2ccccc2n1.Clc1nc(-c2cccc3ccccc23)c2ccccc2n1.Clc1nc(-c2ccccc2)c2ccccc2n1.Fc1ccc(-c2nc(Cl)nc3ccccc23)cc1. The normalized spacial score (nSPS) is 11.0. The number of benzene rings is 14. The molecule has 19 aromatic rings. The molecule has 0 unspecified atom stereocenters. The van der Waals surface area contributed by atoms with Crippen LogP contribution in [0.25, 0.3) is 154 Å². The summed E-state index contributed by atoms with van der Waals surface area (Å²) in [5.74, 6) is -0.275. The van der Waals surface area contributed by atoms with Gasteiger partial charge in [0, 0.05) is 54.7 Å². The summed E-state index contributed by atoms with van der Waals surface area (Å²) >= 11 is 30.3. The third kappa shape index (κ3) is 15.0. The van der Waals surface area contributed by atoms with Gasteiger partial charge in [-0.05, 0) is 162 Å². The van der Waals surface area contributed by atoms with Crippen molar-refractivity contribution >= 4 is 145 Å². The fourth-order valence-electron chi connectivity index (χ4n) is 12.7. The maximum absolute atomic E-state index is 12.9. The highest BCUT2D eigenvalue weighted by Gasteiger charge is 2.17. The van der Waals surface area contributed by atoms with Gasteiger partial charge in [0.05, 0.1) is 56.1 Å². The minimum atomic E-state index is -0.275. The van der Waals surface area contributed by atoms with E-state index < -0.39 is 0 Å². The van der Waals surface area contributed by atoms with Crippen LogP contribution in [0.4, 0.5) is 4.39 Å². The average molecular weight is 1450 g/mol. The molecule has 0 radical (unpaired) electrons. The number of fused-ring (bicyclic) bond motifs is 8. The lowest BCUT2D eigenvalue weighted by Crippen LogP contribution is -1.93. The zero-order chi connectivity index (χ0) is 70.9. The van der Waals surface area contributed by atoms with Crippen molar-refractivity contribution < 1.29 is 4.39 Å². The minimum Gasteiger partial charge on any atom is -0.218 e. The van der Waals surface area contributed by atoms with Crippen LogP contribution < -0.4 is 0 Å². The number of aromatic nitrogens is 10. The van der Waals surface area contributed by atoms with Crippen LogP contribution in [0.3, 0.4) is 0 Å². The molecular weight excluding hydrogens is 1390 g/mol. The molecule has 498 valence electrons. The molecule has 0 N–H and O–H groups in total. The molecule has 0 amide bonds. The van der Waals surface area contributed by atoms with Gasteiger partial charge in [-0.3, -0.25) is 0 Å². The van der Waals surface area contributed by atoms with Gasteiger partial charge in [0.2, 0.25) is 26.4 Å². The summed E-state index contributed by atoms with van der Waals surface area (Å²) in [7, 11) is 0. The number of hydrogen-bond acceptors (Lipinski definition) is 10. The largest absolute Gasteiger partial charge is 0.223 e. The van der Waals surface area contributed by atoms with Gasteiger partial charge in [0.15, 0.2) is 0 Å². The zero-order valence-corrected chi connectivity index (χ0v) is 58.7. The molecule has 19 rings (SSSR count). The topological polar surface area (TPSA) is 129 Å². The van der Waals surface area contributed by atoms with Crippen molar-refractivity contribution in [3.05, 3.63) is 360 Å². The Kier molecular flexibility index (Phi) is 20.2. The quantitative estimate of drug-likeness (QED) is 0.148. The predicted molar refractivity (Wildman–Crippen MR) is 428 cm³/mol. The van der Waals surface area contributed by atoms with E-state index in [1.807, 2.05) is 188 Å². The van der Waals surface area contributed by atoms with E-state index >= 15 is 0 Å². The molecule has 16 heteroatoms. The van der Waals surface area contributed by atoms with Gasteiger partial charge in [-0.15, -0.1) is 0 Å². The molecule has 14 aromatic carbocycles. The van der Waals surface area contributed by atoms with Crippen LogP contribution >= 0.6 is 58.0 Å². The highest BCUT2D eigenvalue weighted by atomic mass is 35.5. The van der Waals surface area contributed by atoms with E-state index in [0.29, 0.717) is 5.69 Å². The van der Waals surface area contributed by atoms with Crippen molar-refractivity contribution in [2.45, 2.75) is 0 Å². The first-order valence-corrected chi connectivity index (χ1v) is 34.9. The highest BCUT2D eigenvalue weighted by molar-refractivity contribution is 6.30. The lowest BCUT2D eigenvalue weighted by Gasteiger charge is -2.13. The lowest BCUT2D eigenvalue weighted by molar-refractivity contribution is 0.628. The highest BCUT2D eigenvalue weighted by Crippen LogP contribution is 2.39. The summed E-state index contributed by atoms with van der Waals surface area (Å²) in [6, 6.07) is 108. The number of nitrogens with zero attached hydrogens (tertiary/aromatic N) is 10. The second kappa shape index (κ2) is 31.0. The minimum absolute atomic E-state index is 0.188. The summed E-state index contributed by atoms with van der Waals surface area (Å²) < 4.78 is 12.9. The maximum Gasteiger partial charge on any atom is 0.223 e. The van der Waals surface area contributed by atoms with Crippen molar-refractivity contribution in [1.82, 2.24) is 49.8 Å². The smallest absolute Gasteiger partial charge is 0.218 e. The first kappa shape index (κ1) is 67.7. The molecular formula is C88H54Cl5FN10. The second-order valence-corrected chi connectivity index (χ2v) is 25.5. The molecule has 10 nitrogen and oxygen atoms in total. The van der Waals surface area contributed by atoms with Crippen LogP contribution in [0.1, 0.15) is 0 Å². The van der Waals surface area contributed by atoms with Gasteiger partial charge >= 0.3 is 0 Å². The number of rotatable bonds is 6. The molecule has 0 atom stereocenters. The Bertz CT molecular complexity index is 6350. The average Bonchev–Trinajstić information content (AvgIpc) is 0.768. The van der Waals surface area contributed by atoms with Crippen molar-refractivity contribution in [2.75, 3.05) is 0 Å². The summed E-state index contributed by atoms with van der Waals surface area (Å²) in [5.41, 5.74) is 15.9. The van der Waals surface area contributed by atoms with E-state index in [1.54, 1.807) is 12.1 Å². The van der Waals surface area contributed by atoms with Crippen LogP contribution in [0, 0.1) is 5.82 Å². The molecule has 0 saturated heterocycles. The summed E-state index contributed by atoms with van der Waals surface area (Å²) in [6.07, 6.45) is 0. The fourth-order valence-corrected chi connectivity index (χ4v) is 13.5. The van der Waals surface area contributed by atoms with E-state index in [2.05, 4.69) is 165 Å². The molecule has 0 aliphatic carbocycles. The number of hydrogen-bond donors (Lipinski definition) is 0. The number of halogens is 6. The second-order valence-electron chi connectivity index (χ2n) is 23.8. The van der Waals surface area contributed by atoms with E-state index in [0.717, 1.165) is 110 Å². The summed E-state index contributed by atoms with van der Waals surface area (Å²) in [4.78, 5) is 43.4. The van der Waals surface area contributed by atoms with E-state index in [9.17, 15) is 4.39 Å². The van der Waals surface area contributed by atoms with Crippen molar-refractivity contribution in [3.63, 3.8) is 0 Å². The van der Waals surface area contributed by atoms with Crippen LogP contribution in [-0.4, -0.2) is 49.8 Å². The third-order valence-electron chi connectivity index (χ3n) is 17.4. The Morgan fingerprint density at radius 3 is 0.942 bits per heavy atom. The van der Waals surface area contributed by atoms with Crippen LogP contribution in [0.5, 0.6) is 0 Å². The molecule has 5 aromatic heterocycles. The summed E-state index contributed by atoms with van der Waals surface area (Å²) in [5, 5.41) is 13.3. The van der Waals surface area contributed by atoms with Crippen molar-refractivity contribution in [1.29, 1.82) is 0 Å². The Labute approximate surface area is 621 Å². The van der Waals surface area contributed by atoms with Gasteiger partial charge in [-0.25, -0.2) is 54.2 Å². The summed E-state index contributed by atoms with van der Waals surface area (Å²) in [6.45, 7) is 0. The van der Waals surface area contributed by atoms with Gasteiger partial charge in [-0.2, -0.15) is 0 Å². The molecule has 5 heterocycles. The monoisotopic (exact) mass is 1440 g/mol. The third-order valence-corrected chi connectivity index (χ3v) is 18.2. The van der Waals surface area contributed by atoms with Gasteiger partial charge in [-0.1, -0.05) is 267 Å². The molecule has 0 saturated carbocycles. The standard InChI is InChI=1S/C24H15ClN2.2C18H11ClN2.C14H8ClFN2.C14H9ClN2/c25-24-26-22-13-7-6-12-21(22)23(27-24)20-15-14-17(16-8-2-1-3-9-16)18-10-4-5-11-19(18)20;19-18-20-16-11-4-3-9-15(16)17(21-18)14-10-5-7-12-6-1-2-8-13(12)14;19-18-20-16-8-4-3-7-15(16)17(21-18)14-10-9-12-5-1-2-6-13(12)11-14;15-14-17-12-4-2-1-3-11(12)13(18-14)9-5-7-10(16)8-6-9;15-14-16-12-9-5-4-8-11(12)13(17-14)10-6-2-1-3-7-10/h1-15H;2*1-11H;1-8H;1-9H. The molecule has 0 aliphatic rings. The Balaban J connectivity index is 0.000000106. The van der Waals surface area contributed by atoms with Gasteiger partial charge < -0.3 is 0 Å². The van der Waals surface area contributed by atoms with Crippen LogP contribution in [0.15, 0.2) is 328 Å². The van der Waals surface area contributed by atoms with Crippen molar-refractivity contribution in [3.8, 4) is 67.4 Å². The molecule has 0 fully saturated rings. The fraction of sp³-hybridized carbons (Fsp3) is 0. The Morgan fingerprint density at radius 2 is 0.481 bits per heavy atom.